The van der Waals surface area contributed by atoms with Gasteiger partial charge in [-0.3, -0.25) is 9.59 Å². The average Bonchev–Trinajstić information content (AvgIpc) is 2.71. The number of nitrogens with one attached hydrogen (secondary N) is 1. The van der Waals surface area contributed by atoms with Crippen LogP contribution in [0.1, 0.15) is 35.4 Å². The molecule has 1 aliphatic heterocycles. The molecule has 1 N–H and O–H groups in total. The van der Waals surface area contributed by atoms with Crippen LogP contribution in [0.5, 0.6) is 0 Å². The fraction of sp³-hybridized carbons (Fsp3) is 0.500. The molecule has 108 valence electrons. The Morgan fingerprint density at radius 2 is 2.30 bits per heavy atom. The van der Waals surface area contributed by atoms with Gasteiger partial charge in [0.2, 0.25) is 5.91 Å². The summed E-state index contributed by atoms with van der Waals surface area (Å²) in [6.45, 7) is 2.78. The molecule has 1 aliphatic rings. The zero-order valence-corrected chi connectivity index (χ0v) is 12.4. The number of thiophene rings is 1. The molecule has 2 heterocycles. The second kappa shape index (κ2) is 7.19. The standard InChI is InChI=1S/C14H19N3O2S/c1-11-6-7-12(20-11)9-15-16-13(18)10-17-8-4-2-3-5-14(17)19/h6-7,9H,2-5,8,10H2,1H3,(H,16,18)/b15-9-. The van der Waals surface area contributed by atoms with Crippen LogP contribution in [-0.2, 0) is 9.59 Å². The minimum absolute atomic E-state index is 0.0653. The molecule has 2 rings (SSSR count). The first-order chi connectivity index (χ1) is 9.65. The third-order valence-electron chi connectivity index (χ3n) is 3.15. The molecule has 20 heavy (non-hydrogen) atoms. The van der Waals surface area contributed by atoms with Crippen LogP contribution in [0.2, 0.25) is 0 Å². The largest absolute Gasteiger partial charge is 0.333 e. The zero-order chi connectivity index (χ0) is 14.4. The number of likely N-dealkylation sites (tertiary alicyclic amines) is 1. The van der Waals surface area contributed by atoms with Crippen molar-refractivity contribution < 1.29 is 9.59 Å². The van der Waals surface area contributed by atoms with Gasteiger partial charge in [0.1, 0.15) is 6.54 Å². The van der Waals surface area contributed by atoms with Gasteiger partial charge in [-0.15, -0.1) is 11.3 Å². The van der Waals surface area contributed by atoms with E-state index in [1.54, 1.807) is 22.5 Å². The summed E-state index contributed by atoms with van der Waals surface area (Å²) in [5.74, 6) is -0.180. The van der Waals surface area contributed by atoms with Gasteiger partial charge in [-0.05, 0) is 31.9 Å². The highest BCUT2D eigenvalue weighted by atomic mass is 32.1. The summed E-state index contributed by atoms with van der Waals surface area (Å²) in [6, 6.07) is 3.96. The average molecular weight is 293 g/mol. The zero-order valence-electron chi connectivity index (χ0n) is 11.6. The molecule has 0 saturated carbocycles. The number of nitrogens with zero attached hydrogens (tertiary/aromatic N) is 2. The van der Waals surface area contributed by atoms with Gasteiger partial charge in [0.05, 0.1) is 6.21 Å². The van der Waals surface area contributed by atoms with Gasteiger partial charge in [-0.2, -0.15) is 5.10 Å². The summed E-state index contributed by atoms with van der Waals surface area (Å²) in [7, 11) is 0. The second-order valence-corrected chi connectivity index (χ2v) is 6.19. The van der Waals surface area contributed by atoms with Crippen molar-refractivity contribution in [2.24, 2.45) is 5.10 Å². The van der Waals surface area contributed by atoms with Gasteiger partial charge >= 0.3 is 0 Å². The summed E-state index contributed by atoms with van der Waals surface area (Å²) in [5, 5.41) is 3.92. The molecule has 6 heteroatoms. The maximum atomic E-state index is 11.8. The highest BCUT2D eigenvalue weighted by Gasteiger charge is 2.18. The van der Waals surface area contributed by atoms with Gasteiger partial charge < -0.3 is 4.90 Å². The Hall–Kier alpha value is -1.69. The van der Waals surface area contributed by atoms with Gasteiger partial charge in [-0.1, -0.05) is 6.42 Å². The topological polar surface area (TPSA) is 61.8 Å². The van der Waals surface area contributed by atoms with E-state index in [1.165, 1.54) is 4.88 Å². The number of aryl methyl sites for hydroxylation is 1. The van der Waals surface area contributed by atoms with E-state index in [2.05, 4.69) is 10.5 Å². The molecule has 0 aliphatic carbocycles. The van der Waals surface area contributed by atoms with Crippen LogP contribution < -0.4 is 5.43 Å². The summed E-state index contributed by atoms with van der Waals surface area (Å²) < 4.78 is 0. The molecular weight excluding hydrogens is 274 g/mol. The van der Waals surface area contributed by atoms with Gasteiger partial charge in [0.25, 0.3) is 5.91 Å². The first kappa shape index (κ1) is 14.7. The lowest BCUT2D eigenvalue weighted by atomic mass is 10.2. The minimum atomic E-state index is -0.246. The van der Waals surface area contributed by atoms with Crippen molar-refractivity contribution in [2.75, 3.05) is 13.1 Å². The Balaban J connectivity index is 1.79. The molecule has 5 nitrogen and oxygen atoms in total. The van der Waals surface area contributed by atoms with E-state index in [4.69, 9.17) is 0 Å². The summed E-state index contributed by atoms with van der Waals surface area (Å²) in [5.41, 5.74) is 2.47. The molecule has 0 unspecified atom stereocenters. The molecular formula is C14H19N3O2S. The Bertz CT molecular complexity index is 510. The number of carbonyl (C=O) groups excluding carboxylic acids is 2. The van der Waals surface area contributed by atoms with Crippen molar-refractivity contribution >= 4 is 29.4 Å². The van der Waals surface area contributed by atoms with Crippen molar-refractivity contribution in [1.82, 2.24) is 10.3 Å². The van der Waals surface area contributed by atoms with E-state index in [9.17, 15) is 9.59 Å². The highest BCUT2D eigenvalue weighted by Crippen LogP contribution is 2.12. The number of hydrazone groups is 1. The molecule has 0 aromatic carbocycles. The van der Waals surface area contributed by atoms with Crippen LogP contribution in [0.3, 0.4) is 0 Å². The number of amides is 2. The SMILES string of the molecule is Cc1ccc(/C=N\NC(=O)CN2CCCCCC2=O)s1. The van der Waals surface area contributed by atoms with Gasteiger partial charge in [0, 0.05) is 22.7 Å². The normalized spacial score (nSPS) is 16.4. The first-order valence-electron chi connectivity index (χ1n) is 6.81. The smallest absolute Gasteiger partial charge is 0.259 e. The van der Waals surface area contributed by atoms with E-state index < -0.39 is 0 Å². The fourth-order valence-corrected chi connectivity index (χ4v) is 2.85. The quantitative estimate of drug-likeness (QED) is 0.681. The van der Waals surface area contributed by atoms with E-state index in [0.29, 0.717) is 13.0 Å². The Morgan fingerprint density at radius 1 is 1.45 bits per heavy atom. The van der Waals surface area contributed by atoms with Crippen LogP contribution in [0.4, 0.5) is 0 Å². The monoisotopic (exact) mass is 293 g/mol. The van der Waals surface area contributed by atoms with E-state index in [0.717, 1.165) is 24.1 Å². The molecule has 1 aromatic heterocycles. The van der Waals surface area contributed by atoms with Crippen molar-refractivity contribution in [3.05, 3.63) is 21.9 Å². The summed E-state index contributed by atoms with van der Waals surface area (Å²) in [6.07, 6.45) is 5.12. The van der Waals surface area contributed by atoms with Crippen molar-refractivity contribution in [1.29, 1.82) is 0 Å². The lowest BCUT2D eigenvalue weighted by Gasteiger charge is -2.18. The lowest BCUT2D eigenvalue weighted by Crippen LogP contribution is -2.39. The van der Waals surface area contributed by atoms with E-state index in [1.807, 2.05) is 19.1 Å². The van der Waals surface area contributed by atoms with Crippen LogP contribution in [-0.4, -0.2) is 36.0 Å². The number of hydrogen-bond donors (Lipinski definition) is 1. The molecule has 1 saturated heterocycles. The third-order valence-corrected chi connectivity index (χ3v) is 4.08. The third kappa shape index (κ3) is 4.45. The van der Waals surface area contributed by atoms with Crippen LogP contribution in [0.25, 0.3) is 0 Å². The molecule has 0 atom stereocenters. The van der Waals surface area contributed by atoms with Crippen LogP contribution >= 0.6 is 11.3 Å². The molecule has 0 radical (unpaired) electrons. The Morgan fingerprint density at radius 3 is 3.05 bits per heavy atom. The predicted molar refractivity (Wildman–Crippen MR) is 79.8 cm³/mol. The van der Waals surface area contributed by atoms with Crippen LogP contribution in [0.15, 0.2) is 17.2 Å². The molecule has 0 spiro atoms. The van der Waals surface area contributed by atoms with Crippen molar-refractivity contribution in [3.63, 3.8) is 0 Å². The maximum absolute atomic E-state index is 11.8. The number of carbonyl (C=O) groups is 2. The molecule has 0 bridgehead atoms. The number of hydrogen-bond acceptors (Lipinski definition) is 4. The predicted octanol–water partition coefficient (Wildman–Crippen LogP) is 1.91. The fourth-order valence-electron chi connectivity index (χ4n) is 2.11. The maximum Gasteiger partial charge on any atom is 0.259 e. The lowest BCUT2D eigenvalue weighted by molar-refractivity contribution is -0.135. The van der Waals surface area contributed by atoms with Gasteiger partial charge in [-0.25, -0.2) is 5.43 Å². The Kier molecular flexibility index (Phi) is 5.29. The van der Waals surface area contributed by atoms with Gasteiger partial charge in [0.15, 0.2) is 0 Å². The van der Waals surface area contributed by atoms with Crippen LogP contribution in [0, 0.1) is 6.92 Å². The van der Waals surface area contributed by atoms with E-state index in [-0.39, 0.29) is 18.4 Å². The molecule has 1 aromatic rings. The van der Waals surface area contributed by atoms with Crippen molar-refractivity contribution in [3.8, 4) is 0 Å². The molecule has 1 fully saturated rings. The highest BCUT2D eigenvalue weighted by molar-refractivity contribution is 7.13. The summed E-state index contributed by atoms with van der Waals surface area (Å²) >= 11 is 1.61. The molecule has 2 amide bonds. The van der Waals surface area contributed by atoms with E-state index >= 15 is 0 Å². The second-order valence-electron chi connectivity index (χ2n) is 4.87. The Labute approximate surface area is 122 Å². The number of rotatable bonds is 4. The first-order valence-corrected chi connectivity index (χ1v) is 7.63. The van der Waals surface area contributed by atoms with Crippen molar-refractivity contribution in [2.45, 2.75) is 32.6 Å². The minimum Gasteiger partial charge on any atom is -0.333 e. The summed E-state index contributed by atoms with van der Waals surface area (Å²) in [4.78, 5) is 27.3.